The van der Waals surface area contributed by atoms with Crippen LogP contribution in [-0.2, 0) is 5.41 Å². The van der Waals surface area contributed by atoms with E-state index >= 15 is 0 Å². The van der Waals surface area contributed by atoms with Crippen molar-refractivity contribution in [3.63, 3.8) is 0 Å². The summed E-state index contributed by atoms with van der Waals surface area (Å²) in [5, 5.41) is 3.83. The molecular weight excluding hydrogens is 541 g/mol. The van der Waals surface area contributed by atoms with Crippen LogP contribution in [0.15, 0.2) is 107 Å². The second-order valence-electron chi connectivity index (χ2n) is 10.6. The minimum absolute atomic E-state index is 0.0256. The fourth-order valence-corrected chi connectivity index (χ4v) is 7.21. The Balaban J connectivity index is 1.46. The van der Waals surface area contributed by atoms with Crippen LogP contribution in [0.25, 0.3) is 6.08 Å². The van der Waals surface area contributed by atoms with Crippen LogP contribution in [0, 0.1) is 5.82 Å². The summed E-state index contributed by atoms with van der Waals surface area (Å²) < 4.78 is 13.7. The predicted octanol–water partition coefficient (Wildman–Crippen LogP) is 7.52. The average Bonchev–Trinajstić information content (AvgIpc) is 3.24. The van der Waals surface area contributed by atoms with Crippen molar-refractivity contribution in [1.82, 2.24) is 14.8 Å². The molecule has 3 heterocycles. The van der Waals surface area contributed by atoms with Gasteiger partial charge in [-0.05, 0) is 86.1 Å². The molecular formula is C33H30ClFN3OS+. The number of hydrogen-bond donors (Lipinski definition) is 1. The molecule has 1 spiro atoms. The first-order valence-corrected chi connectivity index (χ1v) is 14.7. The van der Waals surface area contributed by atoms with E-state index in [4.69, 9.17) is 11.6 Å². The van der Waals surface area contributed by atoms with E-state index in [2.05, 4.69) is 52.8 Å². The van der Waals surface area contributed by atoms with Crippen LogP contribution in [0.1, 0.15) is 34.3 Å². The molecule has 1 aromatic heterocycles. The van der Waals surface area contributed by atoms with Gasteiger partial charge in [0.05, 0.1) is 11.0 Å². The van der Waals surface area contributed by atoms with Gasteiger partial charge in [-0.2, -0.15) is 0 Å². The normalized spacial score (nSPS) is 19.6. The van der Waals surface area contributed by atoms with Crippen molar-refractivity contribution >= 4 is 41.0 Å². The molecule has 0 bridgehead atoms. The van der Waals surface area contributed by atoms with Gasteiger partial charge < -0.3 is 5.32 Å². The molecule has 0 radical (unpaired) electrons. The smallest absolute Gasteiger partial charge is 0.317 e. The molecule has 4 nitrogen and oxygen atoms in total. The first kappa shape index (κ1) is 26.9. The third-order valence-corrected chi connectivity index (χ3v) is 9.28. The maximum absolute atomic E-state index is 14.6. The highest BCUT2D eigenvalue weighted by atomic mass is 35.5. The number of halogens is 2. The summed E-state index contributed by atoms with van der Waals surface area (Å²) in [5.41, 5.74) is 3.81. The minimum atomic E-state index is -0.243. The number of piperidine rings is 1. The predicted molar refractivity (Wildman–Crippen MR) is 161 cm³/mol. The van der Waals surface area contributed by atoms with Gasteiger partial charge in [0.15, 0.2) is 0 Å². The van der Waals surface area contributed by atoms with Crippen LogP contribution in [0.5, 0.6) is 0 Å². The second-order valence-corrected chi connectivity index (χ2v) is 12.1. The first-order valence-electron chi connectivity index (χ1n) is 13.5. The highest BCUT2D eigenvalue weighted by Gasteiger charge is 2.57. The number of fused-ring (bicyclic) bond motifs is 2. The molecule has 1 amide bonds. The topological polar surface area (TPSA) is 42.0 Å². The van der Waals surface area contributed by atoms with Gasteiger partial charge in [0.1, 0.15) is 29.7 Å². The number of aromatic nitrogens is 1. The van der Waals surface area contributed by atoms with Crippen molar-refractivity contribution in [1.29, 1.82) is 0 Å². The molecule has 0 aliphatic carbocycles. The number of amides is 1. The lowest BCUT2D eigenvalue weighted by atomic mass is 9.75. The molecule has 2 aliphatic heterocycles. The standard InChI is InChI=1S/C33H30ClFN3OS/c34-31-21-25(14-17-37-31)32(39)38(20-4-7-24-5-2-1-3-6-24)23-33(15-18-36-19-16-33)29-22-28(12-13-30(29)38)40-27-10-8-26(35)9-11-27/h1-14,17,21-22,36H,15-16,18-20,23H2/q+1/b7-4+. The lowest BCUT2D eigenvalue weighted by molar-refractivity contribution is 0.0759. The van der Waals surface area contributed by atoms with E-state index in [-0.39, 0.29) is 21.6 Å². The highest BCUT2D eigenvalue weighted by Crippen LogP contribution is 2.52. The van der Waals surface area contributed by atoms with Gasteiger partial charge in [-0.15, -0.1) is 0 Å². The van der Waals surface area contributed by atoms with E-state index in [0.29, 0.717) is 23.8 Å². The molecule has 3 aromatic carbocycles. The van der Waals surface area contributed by atoms with E-state index in [9.17, 15) is 9.18 Å². The summed E-state index contributed by atoms with van der Waals surface area (Å²) in [6.07, 6.45) is 7.74. The van der Waals surface area contributed by atoms with Crippen LogP contribution in [-0.4, -0.2) is 37.1 Å². The fourth-order valence-electron chi connectivity index (χ4n) is 6.18. The number of carbonyl (C=O) groups excluding carboxylic acids is 1. The minimum Gasteiger partial charge on any atom is -0.317 e. The molecule has 40 heavy (non-hydrogen) atoms. The van der Waals surface area contributed by atoms with Crippen molar-refractivity contribution in [2.75, 3.05) is 26.2 Å². The Bertz CT molecular complexity index is 1550. The molecule has 0 saturated carbocycles. The van der Waals surface area contributed by atoms with Gasteiger partial charge >= 0.3 is 5.91 Å². The summed E-state index contributed by atoms with van der Waals surface area (Å²) in [7, 11) is 0. The molecule has 6 rings (SSSR count). The molecule has 4 aromatic rings. The third-order valence-electron chi connectivity index (χ3n) is 8.07. The lowest BCUT2D eigenvalue weighted by Gasteiger charge is -2.36. The SMILES string of the molecule is O=C(c1ccnc(Cl)c1)[N+]1(C/C=C/c2ccccc2)CC2(CCNCC2)c2cc(Sc3ccc(F)cc3)ccc21. The Morgan fingerprint density at radius 2 is 1.75 bits per heavy atom. The average molecular weight is 571 g/mol. The van der Waals surface area contributed by atoms with E-state index in [1.165, 1.54) is 17.7 Å². The Labute approximate surface area is 243 Å². The maximum Gasteiger partial charge on any atom is 0.351 e. The Kier molecular flexibility index (Phi) is 7.60. The fraction of sp³-hybridized carbons (Fsp3) is 0.212. The van der Waals surface area contributed by atoms with Crippen molar-refractivity contribution in [2.24, 2.45) is 0 Å². The van der Waals surface area contributed by atoms with Gasteiger partial charge in [0, 0.05) is 27.6 Å². The van der Waals surface area contributed by atoms with Crippen molar-refractivity contribution in [3.05, 3.63) is 125 Å². The molecule has 1 atom stereocenters. The van der Waals surface area contributed by atoms with Crippen LogP contribution < -0.4 is 9.80 Å². The van der Waals surface area contributed by atoms with Crippen molar-refractivity contribution in [3.8, 4) is 0 Å². The van der Waals surface area contributed by atoms with E-state index < -0.39 is 0 Å². The van der Waals surface area contributed by atoms with E-state index in [0.717, 1.165) is 47.0 Å². The Hall–Kier alpha value is -3.29. The molecule has 7 heteroatoms. The molecule has 2 aliphatic rings. The zero-order valence-electron chi connectivity index (χ0n) is 22.0. The number of quaternary nitrogens is 1. The number of nitrogens with zero attached hydrogens (tertiary/aromatic N) is 2. The van der Waals surface area contributed by atoms with Gasteiger partial charge in [-0.1, -0.05) is 59.8 Å². The summed E-state index contributed by atoms with van der Waals surface area (Å²) >= 11 is 7.87. The summed E-state index contributed by atoms with van der Waals surface area (Å²) in [4.78, 5) is 20.7. The second kappa shape index (κ2) is 11.3. The van der Waals surface area contributed by atoms with Crippen molar-refractivity contribution < 1.29 is 9.18 Å². The van der Waals surface area contributed by atoms with Crippen LogP contribution in [0.2, 0.25) is 5.15 Å². The van der Waals surface area contributed by atoms with E-state index in [1.807, 2.05) is 18.2 Å². The van der Waals surface area contributed by atoms with Crippen molar-refractivity contribution in [2.45, 2.75) is 28.0 Å². The third kappa shape index (κ3) is 5.25. The van der Waals surface area contributed by atoms with Gasteiger partial charge in [-0.3, -0.25) is 0 Å². The summed E-state index contributed by atoms with van der Waals surface area (Å²) in [5.74, 6) is -0.218. The van der Waals surface area contributed by atoms with Gasteiger partial charge in [0.25, 0.3) is 0 Å². The Morgan fingerprint density at radius 1 is 1.00 bits per heavy atom. The molecule has 1 saturated heterocycles. The first-order chi connectivity index (χ1) is 19.5. The lowest BCUT2D eigenvalue weighted by Crippen LogP contribution is -2.57. The Morgan fingerprint density at radius 3 is 2.50 bits per heavy atom. The monoisotopic (exact) mass is 570 g/mol. The number of rotatable bonds is 6. The number of hydrogen-bond acceptors (Lipinski definition) is 4. The summed E-state index contributed by atoms with van der Waals surface area (Å²) in [6.45, 7) is 3.03. The molecule has 1 fully saturated rings. The van der Waals surface area contributed by atoms with Crippen LogP contribution in [0.3, 0.4) is 0 Å². The molecule has 202 valence electrons. The number of nitrogens with one attached hydrogen (secondary N) is 1. The highest BCUT2D eigenvalue weighted by molar-refractivity contribution is 7.99. The van der Waals surface area contributed by atoms with E-state index in [1.54, 1.807) is 42.2 Å². The van der Waals surface area contributed by atoms with Crippen LogP contribution in [0.4, 0.5) is 10.1 Å². The van der Waals surface area contributed by atoms with Gasteiger partial charge in [-0.25, -0.2) is 18.7 Å². The number of pyridine rings is 1. The number of benzene rings is 3. The van der Waals surface area contributed by atoms with Crippen LogP contribution >= 0.6 is 23.4 Å². The number of carbonyl (C=O) groups is 1. The maximum atomic E-state index is 14.6. The largest absolute Gasteiger partial charge is 0.351 e. The summed E-state index contributed by atoms with van der Waals surface area (Å²) in [6, 6.07) is 26.7. The zero-order valence-corrected chi connectivity index (χ0v) is 23.6. The zero-order chi connectivity index (χ0) is 27.6. The van der Waals surface area contributed by atoms with Gasteiger partial charge in [0.2, 0.25) is 0 Å². The molecule has 1 N–H and O–H groups in total. The quantitative estimate of drug-likeness (QED) is 0.192. The molecule has 1 unspecified atom stereocenters.